The van der Waals surface area contributed by atoms with Crippen molar-refractivity contribution in [3.63, 3.8) is 0 Å². The Bertz CT molecular complexity index is 408. The molecule has 1 saturated heterocycles. The molecule has 0 radical (unpaired) electrons. The maximum atomic E-state index is 12.2. The van der Waals surface area contributed by atoms with Crippen LogP contribution in [0, 0.1) is 5.92 Å². The summed E-state index contributed by atoms with van der Waals surface area (Å²) in [5.74, 6) is -0.729. The van der Waals surface area contributed by atoms with Gasteiger partial charge in [-0.1, -0.05) is 0 Å². The van der Waals surface area contributed by atoms with E-state index in [0.717, 1.165) is 19.3 Å². The molecule has 1 aliphatic heterocycles. The lowest BCUT2D eigenvalue weighted by Gasteiger charge is -2.24. The standard InChI is InChI=1S/C13H21N3O4/c1-15-5-2-6-16(8-11(15)17)13(20)14-10(7-12(18)19)9-3-4-9/h9-10H,2-8H2,1H3,(H,14,20)(H,18,19). The van der Waals surface area contributed by atoms with E-state index in [0.29, 0.717) is 13.1 Å². The van der Waals surface area contributed by atoms with Crippen molar-refractivity contribution in [3.05, 3.63) is 0 Å². The van der Waals surface area contributed by atoms with Crippen LogP contribution in [0.25, 0.3) is 0 Å². The second kappa shape index (κ2) is 6.11. The minimum Gasteiger partial charge on any atom is -0.481 e. The first-order valence-electron chi connectivity index (χ1n) is 6.98. The van der Waals surface area contributed by atoms with Crippen molar-refractivity contribution in [1.29, 1.82) is 0 Å². The molecule has 2 aliphatic rings. The fourth-order valence-corrected chi connectivity index (χ4v) is 2.43. The zero-order chi connectivity index (χ0) is 14.7. The number of carbonyl (C=O) groups excluding carboxylic acids is 2. The highest BCUT2D eigenvalue weighted by molar-refractivity contribution is 5.84. The third-order valence-electron chi connectivity index (χ3n) is 3.86. The van der Waals surface area contributed by atoms with Crippen LogP contribution in [0.2, 0.25) is 0 Å². The van der Waals surface area contributed by atoms with Gasteiger partial charge in [-0.2, -0.15) is 0 Å². The molecule has 2 N–H and O–H groups in total. The molecular formula is C13H21N3O4. The van der Waals surface area contributed by atoms with Gasteiger partial charge in [-0.25, -0.2) is 4.79 Å². The Labute approximate surface area is 117 Å². The Morgan fingerprint density at radius 3 is 2.70 bits per heavy atom. The molecule has 20 heavy (non-hydrogen) atoms. The summed E-state index contributed by atoms with van der Waals surface area (Å²) in [5.41, 5.74) is 0. The van der Waals surface area contributed by atoms with E-state index in [9.17, 15) is 14.4 Å². The van der Waals surface area contributed by atoms with Gasteiger partial charge in [0, 0.05) is 26.2 Å². The maximum absolute atomic E-state index is 12.2. The first-order chi connectivity index (χ1) is 9.47. The van der Waals surface area contributed by atoms with Crippen LogP contribution in [0.5, 0.6) is 0 Å². The Balaban J connectivity index is 1.92. The van der Waals surface area contributed by atoms with Crippen molar-refractivity contribution in [1.82, 2.24) is 15.1 Å². The zero-order valence-corrected chi connectivity index (χ0v) is 11.7. The van der Waals surface area contributed by atoms with Crippen LogP contribution >= 0.6 is 0 Å². The lowest BCUT2D eigenvalue weighted by atomic mass is 10.1. The van der Waals surface area contributed by atoms with E-state index in [-0.39, 0.29) is 36.9 Å². The zero-order valence-electron chi connectivity index (χ0n) is 11.7. The van der Waals surface area contributed by atoms with Crippen LogP contribution in [0.4, 0.5) is 4.79 Å². The summed E-state index contributed by atoms with van der Waals surface area (Å²) < 4.78 is 0. The minimum absolute atomic E-state index is 0.0574. The molecule has 0 bridgehead atoms. The number of nitrogens with zero attached hydrogens (tertiary/aromatic N) is 2. The number of carboxylic acids is 1. The molecule has 3 amide bonds. The molecule has 0 aromatic rings. The Kier molecular flexibility index (Phi) is 4.46. The van der Waals surface area contributed by atoms with Crippen LogP contribution in [-0.4, -0.2) is 65.5 Å². The molecule has 2 rings (SSSR count). The number of aliphatic carboxylic acids is 1. The first kappa shape index (κ1) is 14.6. The molecule has 0 spiro atoms. The highest BCUT2D eigenvalue weighted by atomic mass is 16.4. The maximum Gasteiger partial charge on any atom is 0.318 e. The third-order valence-corrected chi connectivity index (χ3v) is 3.86. The van der Waals surface area contributed by atoms with Gasteiger partial charge >= 0.3 is 12.0 Å². The molecule has 1 heterocycles. The monoisotopic (exact) mass is 283 g/mol. The Morgan fingerprint density at radius 1 is 1.40 bits per heavy atom. The second-order valence-corrected chi connectivity index (χ2v) is 5.58. The summed E-state index contributed by atoms with van der Waals surface area (Å²) in [6.07, 6.45) is 2.60. The first-order valence-corrected chi connectivity index (χ1v) is 6.98. The van der Waals surface area contributed by atoms with Crippen LogP contribution in [0.3, 0.4) is 0 Å². The molecule has 2 fully saturated rings. The van der Waals surface area contributed by atoms with E-state index in [1.165, 1.54) is 4.90 Å². The fourth-order valence-electron chi connectivity index (χ4n) is 2.43. The van der Waals surface area contributed by atoms with E-state index in [2.05, 4.69) is 5.32 Å². The SMILES string of the molecule is CN1CCCN(C(=O)NC(CC(=O)O)C2CC2)CC1=O. The van der Waals surface area contributed by atoms with E-state index in [1.807, 2.05) is 0 Å². The number of nitrogens with one attached hydrogen (secondary N) is 1. The summed E-state index contributed by atoms with van der Waals surface area (Å²) >= 11 is 0. The number of hydrogen-bond acceptors (Lipinski definition) is 3. The number of hydrogen-bond donors (Lipinski definition) is 2. The van der Waals surface area contributed by atoms with E-state index < -0.39 is 5.97 Å². The van der Waals surface area contributed by atoms with E-state index >= 15 is 0 Å². The van der Waals surface area contributed by atoms with Gasteiger partial charge in [0.15, 0.2) is 0 Å². The fraction of sp³-hybridized carbons (Fsp3) is 0.769. The van der Waals surface area contributed by atoms with Gasteiger partial charge in [-0.3, -0.25) is 9.59 Å². The van der Waals surface area contributed by atoms with Gasteiger partial charge in [0.05, 0.1) is 6.42 Å². The normalized spacial score (nSPS) is 21.4. The van der Waals surface area contributed by atoms with Crippen molar-refractivity contribution in [2.24, 2.45) is 5.92 Å². The summed E-state index contributed by atoms with van der Waals surface area (Å²) in [6, 6.07) is -0.650. The molecule has 0 aromatic carbocycles. The molecule has 1 atom stereocenters. The minimum atomic E-state index is -0.908. The molecule has 0 aromatic heterocycles. The summed E-state index contributed by atoms with van der Waals surface area (Å²) in [6.45, 7) is 1.23. The van der Waals surface area contributed by atoms with Gasteiger partial charge in [0.2, 0.25) is 5.91 Å². The van der Waals surface area contributed by atoms with Gasteiger partial charge < -0.3 is 20.2 Å². The largest absolute Gasteiger partial charge is 0.481 e. The average molecular weight is 283 g/mol. The number of amides is 3. The van der Waals surface area contributed by atoms with Crippen LogP contribution in [0.15, 0.2) is 0 Å². The number of urea groups is 1. The smallest absolute Gasteiger partial charge is 0.318 e. The molecule has 112 valence electrons. The molecular weight excluding hydrogens is 262 g/mol. The summed E-state index contributed by atoms with van der Waals surface area (Å²) in [5, 5.41) is 11.7. The summed E-state index contributed by atoms with van der Waals surface area (Å²) in [7, 11) is 1.72. The topological polar surface area (TPSA) is 89.9 Å². The molecule has 1 saturated carbocycles. The number of carbonyl (C=O) groups is 3. The van der Waals surface area contributed by atoms with Gasteiger partial charge in [-0.05, 0) is 25.2 Å². The van der Waals surface area contributed by atoms with Crippen molar-refractivity contribution < 1.29 is 19.5 Å². The second-order valence-electron chi connectivity index (χ2n) is 5.58. The number of rotatable bonds is 4. The Hall–Kier alpha value is -1.79. The Morgan fingerprint density at radius 2 is 2.10 bits per heavy atom. The predicted molar refractivity (Wildman–Crippen MR) is 71.1 cm³/mol. The number of likely N-dealkylation sites (N-methyl/N-ethyl adjacent to an activating group) is 1. The van der Waals surface area contributed by atoms with E-state index in [4.69, 9.17) is 5.11 Å². The molecule has 1 aliphatic carbocycles. The molecule has 1 unspecified atom stereocenters. The van der Waals surface area contributed by atoms with Gasteiger partial charge in [0.1, 0.15) is 6.54 Å². The highest BCUT2D eigenvalue weighted by Crippen LogP contribution is 2.34. The average Bonchev–Trinajstić information content (AvgIpc) is 3.19. The number of carboxylic acid groups (broad SMARTS) is 1. The molecule has 7 nitrogen and oxygen atoms in total. The lowest BCUT2D eigenvalue weighted by molar-refractivity contribution is -0.137. The predicted octanol–water partition coefficient (Wildman–Crippen LogP) is 0.113. The van der Waals surface area contributed by atoms with Gasteiger partial charge in [-0.15, -0.1) is 0 Å². The highest BCUT2D eigenvalue weighted by Gasteiger charge is 2.35. The van der Waals surface area contributed by atoms with Crippen LogP contribution in [0.1, 0.15) is 25.7 Å². The van der Waals surface area contributed by atoms with Crippen LogP contribution in [-0.2, 0) is 9.59 Å². The van der Waals surface area contributed by atoms with Crippen molar-refractivity contribution in [2.75, 3.05) is 26.7 Å². The quantitative estimate of drug-likeness (QED) is 0.766. The van der Waals surface area contributed by atoms with E-state index in [1.54, 1.807) is 11.9 Å². The van der Waals surface area contributed by atoms with Crippen molar-refractivity contribution >= 4 is 17.9 Å². The summed E-state index contributed by atoms with van der Waals surface area (Å²) in [4.78, 5) is 37.8. The van der Waals surface area contributed by atoms with Crippen molar-refractivity contribution in [3.8, 4) is 0 Å². The third kappa shape index (κ3) is 3.85. The lowest BCUT2D eigenvalue weighted by Crippen LogP contribution is -2.48. The van der Waals surface area contributed by atoms with Gasteiger partial charge in [0.25, 0.3) is 0 Å². The van der Waals surface area contributed by atoms with Crippen LogP contribution < -0.4 is 5.32 Å². The molecule has 7 heteroatoms. The van der Waals surface area contributed by atoms with Crippen molar-refractivity contribution in [2.45, 2.75) is 31.7 Å².